The Labute approximate surface area is 152 Å². The van der Waals surface area contributed by atoms with E-state index in [9.17, 15) is 8.42 Å². The number of nitrogens with one attached hydrogen (secondary N) is 1. The molecule has 0 radical (unpaired) electrons. The molecular formula is C19H19N3O3S. The normalized spacial score (nSPS) is 16.4. The summed E-state index contributed by atoms with van der Waals surface area (Å²) in [6, 6.07) is 11.0. The number of pyridine rings is 2. The van der Waals surface area contributed by atoms with E-state index in [1.807, 2.05) is 37.3 Å². The number of aryl methyl sites for hydroxylation is 2. The molecule has 4 rings (SSSR count). The van der Waals surface area contributed by atoms with Gasteiger partial charge in [-0.2, -0.15) is 4.72 Å². The zero-order chi connectivity index (χ0) is 18.4. The third-order valence-corrected chi connectivity index (χ3v) is 6.40. The van der Waals surface area contributed by atoms with Gasteiger partial charge in [-0.15, -0.1) is 0 Å². The number of nitrogens with zero attached hydrogens (tertiary/aromatic N) is 2. The van der Waals surface area contributed by atoms with Crippen molar-refractivity contribution >= 4 is 20.9 Å². The minimum absolute atomic E-state index is 0.209. The van der Waals surface area contributed by atoms with Crippen molar-refractivity contribution in [3.8, 4) is 0 Å². The summed E-state index contributed by atoms with van der Waals surface area (Å²) in [7, 11) is -3.83. The molecular weight excluding hydrogens is 350 g/mol. The van der Waals surface area contributed by atoms with E-state index in [1.54, 1.807) is 25.4 Å². The molecule has 1 aliphatic rings. The summed E-state index contributed by atoms with van der Waals surface area (Å²) in [4.78, 5) is 8.89. The van der Waals surface area contributed by atoms with E-state index in [0.717, 1.165) is 10.9 Å². The minimum Gasteiger partial charge on any atom is -0.377 e. The van der Waals surface area contributed by atoms with Crippen molar-refractivity contribution < 1.29 is 13.2 Å². The molecule has 26 heavy (non-hydrogen) atoms. The Kier molecular flexibility index (Phi) is 4.02. The van der Waals surface area contributed by atoms with Gasteiger partial charge < -0.3 is 4.74 Å². The third kappa shape index (κ3) is 2.68. The van der Waals surface area contributed by atoms with Crippen LogP contribution in [0, 0.1) is 13.8 Å². The van der Waals surface area contributed by atoms with Crippen molar-refractivity contribution in [2.75, 3.05) is 13.2 Å². The lowest BCUT2D eigenvalue weighted by atomic mass is 9.94. The first-order valence-corrected chi connectivity index (χ1v) is 9.79. The summed E-state index contributed by atoms with van der Waals surface area (Å²) in [6.45, 7) is 4.25. The van der Waals surface area contributed by atoms with Crippen LogP contribution in [0.15, 0.2) is 53.7 Å². The maximum atomic E-state index is 13.3. The van der Waals surface area contributed by atoms with Crippen LogP contribution in [0.2, 0.25) is 0 Å². The summed E-state index contributed by atoms with van der Waals surface area (Å²) in [5.74, 6) is 0. The highest BCUT2D eigenvalue weighted by atomic mass is 32.2. The molecule has 0 atom stereocenters. The lowest BCUT2D eigenvalue weighted by molar-refractivity contribution is -0.0685. The average Bonchev–Trinajstić information content (AvgIpc) is 2.59. The van der Waals surface area contributed by atoms with Gasteiger partial charge in [0.1, 0.15) is 10.4 Å². The fraction of sp³-hybridized carbons (Fsp3) is 0.263. The number of rotatable bonds is 4. The highest BCUT2D eigenvalue weighted by Gasteiger charge is 2.45. The Balaban J connectivity index is 1.85. The molecule has 1 aromatic carbocycles. The number of hydrogen-bond donors (Lipinski definition) is 1. The van der Waals surface area contributed by atoms with Crippen LogP contribution in [0.3, 0.4) is 0 Å². The maximum Gasteiger partial charge on any atom is 0.244 e. The summed E-state index contributed by atoms with van der Waals surface area (Å²) in [6.07, 6.45) is 3.26. The molecule has 7 heteroatoms. The van der Waals surface area contributed by atoms with Gasteiger partial charge in [-0.3, -0.25) is 9.97 Å². The summed E-state index contributed by atoms with van der Waals surface area (Å²) in [5, 5.41) is 0.829. The lowest BCUT2D eigenvalue weighted by Gasteiger charge is -2.41. The quantitative estimate of drug-likeness (QED) is 0.764. The van der Waals surface area contributed by atoms with Gasteiger partial charge >= 0.3 is 0 Å². The first-order valence-electron chi connectivity index (χ1n) is 8.31. The van der Waals surface area contributed by atoms with E-state index in [4.69, 9.17) is 4.74 Å². The second-order valence-corrected chi connectivity index (χ2v) is 8.25. The summed E-state index contributed by atoms with van der Waals surface area (Å²) >= 11 is 0. The van der Waals surface area contributed by atoms with Gasteiger partial charge in [0, 0.05) is 17.8 Å². The van der Waals surface area contributed by atoms with Gasteiger partial charge in [0.15, 0.2) is 0 Å². The molecule has 1 saturated heterocycles. The predicted molar refractivity (Wildman–Crippen MR) is 98.3 cm³/mol. The molecule has 0 amide bonds. The Morgan fingerprint density at radius 1 is 1.04 bits per heavy atom. The van der Waals surface area contributed by atoms with Gasteiger partial charge in [-0.25, -0.2) is 8.42 Å². The van der Waals surface area contributed by atoms with E-state index in [1.165, 1.54) is 0 Å². The number of aromatic nitrogens is 2. The molecule has 2 aromatic heterocycles. The van der Waals surface area contributed by atoms with Gasteiger partial charge in [-0.05, 0) is 43.2 Å². The number of benzene rings is 1. The molecule has 0 bridgehead atoms. The summed E-state index contributed by atoms with van der Waals surface area (Å²) < 4.78 is 34.8. The van der Waals surface area contributed by atoms with Crippen molar-refractivity contribution in [2.45, 2.75) is 24.3 Å². The van der Waals surface area contributed by atoms with E-state index in [0.29, 0.717) is 16.8 Å². The molecule has 0 spiro atoms. The minimum atomic E-state index is -3.83. The second-order valence-electron chi connectivity index (χ2n) is 6.63. The number of hydrogen-bond acceptors (Lipinski definition) is 5. The molecule has 3 aromatic rings. The Bertz CT molecular complexity index is 1080. The molecule has 0 unspecified atom stereocenters. The first-order chi connectivity index (χ1) is 12.4. The van der Waals surface area contributed by atoms with E-state index >= 15 is 0 Å². The van der Waals surface area contributed by atoms with Crippen molar-refractivity contribution in [2.24, 2.45) is 0 Å². The fourth-order valence-corrected chi connectivity index (χ4v) is 5.16. The Morgan fingerprint density at radius 2 is 1.81 bits per heavy atom. The smallest absolute Gasteiger partial charge is 0.244 e. The van der Waals surface area contributed by atoms with Crippen LogP contribution >= 0.6 is 0 Å². The maximum absolute atomic E-state index is 13.3. The van der Waals surface area contributed by atoms with Gasteiger partial charge in [0.25, 0.3) is 0 Å². The number of fused-ring (bicyclic) bond motifs is 1. The third-order valence-electron chi connectivity index (χ3n) is 4.69. The zero-order valence-electron chi connectivity index (χ0n) is 14.6. The van der Waals surface area contributed by atoms with Crippen molar-refractivity contribution in [3.05, 3.63) is 65.6 Å². The van der Waals surface area contributed by atoms with Crippen LogP contribution < -0.4 is 4.72 Å². The first kappa shape index (κ1) is 17.1. The van der Waals surface area contributed by atoms with Crippen molar-refractivity contribution in [1.29, 1.82) is 0 Å². The van der Waals surface area contributed by atoms with Gasteiger partial charge in [0.2, 0.25) is 10.0 Å². The predicted octanol–water partition coefficient (Wildman–Crippen LogP) is 2.45. The van der Waals surface area contributed by atoms with Crippen LogP contribution in [0.1, 0.15) is 16.8 Å². The van der Waals surface area contributed by atoms with Crippen LogP contribution in [0.5, 0.6) is 0 Å². The van der Waals surface area contributed by atoms with E-state index in [-0.39, 0.29) is 18.1 Å². The van der Waals surface area contributed by atoms with Gasteiger partial charge in [0.05, 0.1) is 24.4 Å². The van der Waals surface area contributed by atoms with Crippen molar-refractivity contribution in [1.82, 2.24) is 14.7 Å². The van der Waals surface area contributed by atoms with Gasteiger partial charge in [-0.1, -0.05) is 18.2 Å². The van der Waals surface area contributed by atoms with Crippen molar-refractivity contribution in [3.63, 3.8) is 0 Å². The molecule has 0 aliphatic carbocycles. The molecule has 0 saturated carbocycles. The van der Waals surface area contributed by atoms with Crippen LogP contribution in [0.25, 0.3) is 10.9 Å². The SMILES string of the molecule is Cc1cc(C)c2cccnc2c1S(=O)(=O)NC1(c2ccccn2)COC1. The molecule has 1 N–H and O–H groups in total. The topological polar surface area (TPSA) is 81.2 Å². The van der Waals surface area contributed by atoms with E-state index in [2.05, 4.69) is 14.7 Å². The van der Waals surface area contributed by atoms with E-state index < -0.39 is 15.6 Å². The highest BCUT2D eigenvalue weighted by molar-refractivity contribution is 7.89. The lowest BCUT2D eigenvalue weighted by Crippen LogP contribution is -2.59. The molecule has 134 valence electrons. The molecule has 1 fully saturated rings. The number of ether oxygens (including phenoxy) is 1. The Morgan fingerprint density at radius 3 is 2.46 bits per heavy atom. The monoisotopic (exact) mass is 369 g/mol. The summed E-state index contributed by atoms with van der Waals surface area (Å²) in [5.41, 5.74) is 1.94. The average molecular weight is 369 g/mol. The van der Waals surface area contributed by atoms with Crippen LogP contribution in [-0.2, 0) is 20.3 Å². The largest absolute Gasteiger partial charge is 0.377 e. The standard InChI is InChI=1S/C19H19N3O3S/c1-13-10-14(2)18(17-15(13)6-5-9-21-17)26(23,24)22-19(11-25-12-19)16-7-3-4-8-20-16/h3-10,22H,11-12H2,1-2H3. The van der Waals surface area contributed by atoms with Crippen LogP contribution in [-0.4, -0.2) is 31.6 Å². The molecule has 1 aliphatic heterocycles. The zero-order valence-corrected chi connectivity index (χ0v) is 15.4. The Hall–Kier alpha value is -2.35. The number of sulfonamides is 1. The molecule has 6 nitrogen and oxygen atoms in total. The van der Waals surface area contributed by atoms with Crippen LogP contribution in [0.4, 0.5) is 0 Å². The second kappa shape index (κ2) is 6.12. The highest BCUT2D eigenvalue weighted by Crippen LogP contribution is 2.33. The fourth-order valence-electron chi connectivity index (χ4n) is 3.42. The molecule has 3 heterocycles.